The van der Waals surface area contributed by atoms with E-state index in [1.807, 2.05) is 0 Å². The third kappa shape index (κ3) is 2.38. The second-order valence-electron chi connectivity index (χ2n) is 5.33. The summed E-state index contributed by atoms with van der Waals surface area (Å²) in [5.74, 6) is 0. The van der Waals surface area contributed by atoms with Gasteiger partial charge in [-0.2, -0.15) is 5.10 Å². The molecule has 5 heteroatoms. The Hall–Kier alpha value is -1.75. The van der Waals surface area contributed by atoms with Crippen LogP contribution in [0.4, 0.5) is 0 Å². The zero-order valence-corrected chi connectivity index (χ0v) is 10.7. The van der Waals surface area contributed by atoms with E-state index in [2.05, 4.69) is 10.1 Å². The van der Waals surface area contributed by atoms with Crippen molar-refractivity contribution in [2.45, 2.75) is 44.2 Å². The maximum atomic E-state index is 12.3. The van der Waals surface area contributed by atoms with Crippen molar-refractivity contribution in [1.29, 1.82) is 0 Å². The summed E-state index contributed by atoms with van der Waals surface area (Å²) in [5, 5.41) is 15.2. The predicted molar refractivity (Wildman–Crippen MR) is 71.8 cm³/mol. The first kappa shape index (κ1) is 12.3. The van der Waals surface area contributed by atoms with Crippen LogP contribution in [-0.4, -0.2) is 25.5 Å². The fourth-order valence-corrected chi connectivity index (χ4v) is 2.78. The highest BCUT2D eigenvalue weighted by atomic mass is 16.3. The van der Waals surface area contributed by atoms with Gasteiger partial charge in [-0.05, 0) is 25.0 Å². The Bertz CT molecular complexity index is 644. The SMILES string of the molecule is O=c1c2cccnc2cnn1CC1(O)CCCCC1. The molecule has 0 aliphatic heterocycles. The maximum Gasteiger partial charge on any atom is 0.276 e. The zero-order valence-electron chi connectivity index (χ0n) is 10.7. The van der Waals surface area contributed by atoms with Gasteiger partial charge in [0.1, 0.15) is 0 Å². The minimum Gasteiger partial charge on any atom is -0.388 e. The molecule has 1 aliphatic carbocycles. The zero-order chi connectivity index (χ0) is 13.3. The van der Waals surface area contributed by atoms with Crippen molar-refractivity contribution in [2.75, 3.05) is 0 Å². The summed E-state index contributed by atoms with van der Waals surface area (Å²) in [5.41, 5.74) is -0.366. The van der Waals surface area contributed by atoms with Crippen molar-refractivity contribution in [2.24, 2.45) is 0 Å². The summed E-state index contributed by atoms with van der Waals surface area (Å²) in [6.45, 7) is 0.274. The van der Waals surface area contributed by atoms with Crippen LogP contribution in [-0.2, 0) is 6.54 Å². The topological polar surface area (TPSA) is 68.0 Å². The maximum absolute atomic E-state index is 12.3. The minimum atomic E-state index is -0.787. The molecule has 0 bridgehead atoms. The summed E-state index contributed by atoms with van der Waals surface area (Å²) < 4.78 is 1.37. The average Bonchev–Trinajstić information content (AvgIpc) is 2.43. The van der Waals surface area contributed by atoms with Crippen LogP contribution in [0.2, 0.25) is 0 Å². The van der Waals surface area contributed by atoms with E-state index >= 15 is 0 Å². The van der Waals surface area contributed by atoms with Crippen LogP contribution in [0.15, 0.2) is 29.3 Å². The first-order valence-corrected chi connectivity index (χ1v) is 6.71. The number of aliphatic hydroxyl groups is 1. The van der Waals surface area contributed by atoms with E-state index in [9.17, 15) is 9.90 Å². The molecule has 2 aromatic heterocycles. The number of pyridine rings is 1. The molecule has 0 amide bonds. The number of fused-ring (bicyclic) bond motifs is 1. The standard InChI is InChI=1S/C14H17N3O2/c18-13-11-5-4-8-15-12(11)9-16-17(13)10-14(19)6-2-1-3-7-14/h4-5,8-9,19H,1-3,6-7,10H2. The largest absolute Gasteiger partial charge is 0.388 e. The van der Waals surface area contributed by atoms with Crippen LogP contribution in [0.3, 0.4) is 0 Å². The van der Waals surface area contributed by atoms with E-state index in [0.29, 0.717) is 10.9 Å². The van der Waals surface area contributed by atoms with E-state index in [1.165, 1.54) is 4.68 Å². The number of aromatic nitrogens is 3. The molecule has 1 fully saturated rings. The lowest BCUT2D eigenvalue weighted by Crippen LogP contribution is -2.40. The third-order valence-corrected chi connectivity index (χ3v) is 3.85. The van der Waals surface area contributed by atoms with Gasteiger partial charge in [0.25, 0.3) is 5.56 Å². The highest BCUT2D eigenvalue weighted by Crippen LogP contribution is 2.28. The molecule has 2 heterocycles. The second-order valence-corrected chi connectivity index (χ2v) is 5.33. The number of hydrogen-bond donors (Lipinski definition) is 1. The van der Waals surface area contributed by atoms with Crippen molar-refractivity contribution >= 4 is 10.9 Å². The van der Waals surface area contributed by atoms with Crippen LogP contribution < -0.4 is 5.56 Å². The highest BCUT2D eigenvalue weighted by Gasteiger charge is 2.30. The summed E-state index contributed by atoms with van der Waals surface area (Å²) in [6, 6.07) is 3.48. The molecule has 0 spiro atoms. The van der Waals surface area contributed by atoms with Gasteiger partial charge in [0.15, 0.2) is 0 Å². The smallest absolute Gasteiger partial charge is 0.276 e. The van der Waals surface area contributed by atoms with Gasteiger partial charge in [0.2, 0.25) is 0 Å². The average molecular weight is 259 g/mol. The van der Waals surface area contributed by atoms with Crippen molar-refractivity contribution in [3.63, 3.8) is 0 Å². The van der Waals surface area contributed by atoms with Gasteiger partial charge in [0, 0.05) is 6.20 Å². The summed E-state index contributed by atoms with van der Waals surface area (Å²) in [7, 11) is 0. The van der Waals surface area contributed by atoms with Gasteiger partial charge in [0.05, 0.1) is 29.2 Å². The fraction of sp³-hybridized carbons (Fsp3) is 0.500. The molecule has 3 rings (SSSR count). The van der Waals surface area contributed by atoms with Gasteiger partial charge in [-0.15, -0.1) is 0 Å². The Morgan fingerprint density at radius 3 is 2.89 bits per heavy atom. The van der Waals surface area contributed by atoms with Crippen LogP contribution in [0.25, 0.3) is 10.9 Å². The molecular weight excluding hydrogens is 242 g/mol. The van der Waals surface area contributed by atoms with E-state index in [4.69, 9.17) is 0 Å². The highest BCUT2D eigenvalue weighted by molar-refractivity contribution is 5.75. The first-order chi connectivity index (χ1) is 9.18. The molecule has 0 radical (unpaired) electrons. The van der Waals surface area contributed by atoms with Crippen LogP contribution >= 0.6 is 0 Å². The molecule has 0 saturated heterocycles. The van der Waals surface area contributed by atoms with Crippen LogP contribution in [0.5, 0.6) is 0 Å². The van der Waals surface area contributed by atoms with Crippen LogP contribution in [0, 0.1) is 0 Å². The molecule has 19 heavy (non-hydrogen) atoms. The molecule has 5 nitrogen and oxygen atoms in total. The number of nitrogens with zero attached hydrogens (tertiary/aromatic N) is 3. The molecule has 2 aromatic rings. The van der Waals surface area contributed by atoms with Gasteiger partial charge < -0.3 is 5.11 Å². The van der Waals surface area contributed by atoms with Crippen molar-refractivity contribution < 1.29 is 5.11 Å². The Morgan fingerprint density at radius 1 is 1.32 bits per heavy atom. The Kier molecular flexibility index (Phi) is 3.06. The summed E-state index contributed by atoms with van der Waals surface area (Å²) in [6.07, 6.45) is 7.90. The van der Waals surface area contributed by atoms with Crippen LogP contribution in [0.1, 0.15) is 32.1 Å². The number of hydrogen-bond acceptors (Lipinski definition) is 4. The quantitative estimate of drug-likeness (QED) is 0.887. The summed E-state index contributed by atoms with van der Waals surface area (Å²) in [4.78, 5) is 16.4. The van der Waals surface area contributed by atoms with Crippen molar-refractivity contribution in [3.05, 3.63) is 34.9 Å². The van der Waals surface area contributed by atoms with Gasteiger partial charge >= 0.3 is 0 Å². The minimum absolute atomic E-state index is 0.176. The van der Waals surface area contributed by atoms with E-state index in [1.54, 1.807) is 24.5 Å². The normalized spacial score (nSPS) is 18.6. The van der Waals surface area contributed by atoms with E-state index < -0.39 is 5.60 Å². The monoisotopic (exact) mass is 259 g/mol. The van der Waals surface area contributed by atoms with E-state index in [0.717, 1.165) is 32.1 Å². The molecule has 1 saturated carbocycles. The van der Waals surface area contributed by atoms with Crippen molar-refractivity contribution in [1.82, 2.24) is 14.8 Å². The Morgan fingerprint density at radius 2 is 2.11 bits per heavy atom. The lowest BCUT2D eigenvalue weighted by molar-refractivity contribution is -0.0153. The third-order valence-electron chi connectivity index (χ3n) is 3.85. The molecular formula is C14H17N3O2. The molecule has 0 aromatic carbocycles. The fourth-order valence-electron chi connectivity index (χ4n) is 2.78. The lowest BCUT2D eigenvalue weighted by Gasteiger charge is -2.31. The lowest BCUT2D eigenvalue weighted by atomic mass is 9.85. The summed E-state index contributed by atoms with van der Waals surface area (Å²) >= 11 is 0. The molecule has 0 unspecified atom stereocenters. The Balaban J connectivity index is 1.97. The molecule has 100 valence electrons. The molecule has 1 aliphatic rings. The van der Waals surface area contributed by atoms with Crippen molar-refractivity contribution in [3.8, 4) is 0 Å². The van der Waals surface area contributed by atoms with Gasteiger partial charge in [-0.25, -0.2) is 4.68 Å². The van der Waals surface area contributed by atoms with Gasteiger partial charge in [-0.1, -0.05) is 19.3 Å². The molecule has 0 atom stereocenters. The number of rotatable bonds is 2. The predicted octanol–water partition coefficient (Wildman–Crippen LogP) is 1.49. The first-order valence-electron chi connectivity index (χ1n) is 6.71. The molecule has 1 N–H and O–H groups in total. The second kappa shape index (κ2) is 4.74. The Labute approximate surface area is 110 Å². The van der Waals surface area contributed by atoms with E-state index in [-0.39, 0.29) is 12.1 Å². The van der Waals surface area contributed by atoms with Gasteiger partial charge in [-0.3, -0.25) is 9.78 Å².